The van der Waals surface area contributed by atoms with Crippen molar-refractivity contribution in [2.24, 2.45) is 0 Å². The third-order valence-electron chi connectivity index (χ3n) is 3.47. The molecule has 0 aromatic carbocycles. The molecule has 2 heterocycles. The zero-order valence-electron chi connectivity index (χ0n) is 9.03. The van der Waals surface area contributed by atoms with Crippen molar-refractivity contribution in [1.82, 2.24) is 4.98 Å². The van der Waals surface area contributed by atoms with Gasteiger partial charge in [-0.2, -0.15) is 0 Å². The van der Waals surface area contributed by atoms with E-state index in [-0.39, 0.29) is 6.09 Å². The van der Waals surface area contributed by atoms with Crippen molar-refractivity contribution in [2.45, 2.75) is 37.7 Å². The highest BCUT2D eigenvalue weighted by molar-refractivity contribution is 5.87. The monoisotopic (exact) mass is 218 g/mol. The first-order chi connectivity index (χ1) is 7.80. The zero-order chi connectivity index (χ0) is 11.0. The molecule has 1 aliphatic heterocycles. The molecule has 3 rings (SSSR count). The van der Waals surface area contributed by atoms with Gasteiger partial charge in [-0.3, -0.25) is 5.32 Å². The Morgan fingerprint density at radius 2 is 2.12 bits per heavy atom. The van der Waals surface area contributed by atoms with Crippen LogP contribution in [-0.2, 0) is 10.3 Å². The fourth-order valence-electron chi connectivity index (χ4n) is 2.72. The van der Waals surface area contributed by atoms with Crippen LogP contribution in [0.5, 0.6) is 0 Å². The molecule has 1 aliphatic carbocycles. The molecule has 0 bridgehead atoms. The Labute approximate surface area is 94.0 Å². The van der Waals surface area contributed by atoms with E-state index in [2.05, 4.69) is 10.3 Å². The van der Waals surface area contributed by atoms with Crippen molar-refractivity contribution in [1.29, 1.82) is 0 Å². The highest BCUT2D eigenvalue weighted by Crippen LogP contribution is 2.45. The summed E-state index contributed by atoms with van der Waals surface area (Å²) in [6.45, 7) is 0. The smallest absolute Gasteiger partial charge is 0.413 e. The Morgan fingerprint density at radius 3 is 2.94 bits per heavy atom. The van der Waals surface area contributed by atoms with E-state index in [0.29, 0.717) is 5.82 Å². The number of nitrogens with one attached hydrogen (secondary N) is 1. The topological polar surface area (TPSA) is 51.2 Å². The van der Waals surface area contributed by atoms with Gasteiger partial charge in [0.05, 0.1) is 0 Å². The maximum atomic E-state index is 11.5. The van der Waals surface area contributed by atoms with Gasteiger partial charge in [-0.05, 0) is 37.8 Å². The molecule has 1 saturated carbocycles. The van der Waals surface area contributed by atoms with E-state index in [1.165, 1.54) is 6.42 Å². The molecule has 1 aromatic rings. The molecular formula is C12H14N2O2. The van der Waals surface area contributed by atoms with Gasteiger partial charge in [0.25, 0.3) is 0 Å². The zero-order valence-corrected chi connectivity index (χ0v) is 9.03. The summed E-state index contributed by atoms with van der Waals surface area (Å²) in [5, 5.41) is 2.66. The minimum atomic E-state index is -0.413. The lowest BCUT2D eigenvalue weighted by Gasteiger charge is -2.40. The predicted molar refractivity (Wildman–Crippen MR) is 59.1 cm³/mol. The lowest BCUT2D eigenvalue weighted by Crippen LogP contribution is -2.41. The van der Waals surface area contributed by atoms with Gasteiger partial charge in [0.2, 0.25) is 0 Å². The Balaban J connectivity index is 2.08. The maximum absolute atomic E-state index is 11.5. The quantitative estimate of drug-likeness (QED) is 0.728. The number of ether oxygens (including phenoxy) is 1. The first kappa shape index (κ1) is 9.63. The number of pyridine rings is 1. The van der Waals surface area contributed by atoms with Gasteiger partial charge in [-0.1, -0.05) is 6.42 Å². The van der Waals surface area contributed by atoms with Crippen molar-refractivity contribution in [2.75, 3.05) is 5.32 Å². The lowest BCUT2D eigenvalue weighted by molar-refractivity contribution is -0.0183. The fraction of sp³-hybridized carbons (Fsp3) is 0.500. The van der Waals surface area contributed by atoms with E-state index in [4.69, 9.17) is 4.74 Å². The third-order valence-corrected chi connectivity index (χ3v) is 3.47. The molecule has 16 heavy (non-hydrogen) atoms. The number of fused-ring (bicyclic) bond motifs is 2. The first-order valence-electron chi connectivity index (χ1n) is 5.76. The summed E-state index contributed by atoms with van der Waals surface area (Å²) in [7, 11) is 0. The first-order valence-corrected chi connectivity index (χ1v) is 5.76. The molecule has 1 aromatic heterocycles. The van der Waals surface area contributed by atoms with Crippen molar-refractivity contribution in [3.63, 3.8) is 0 Å². The van der Waals surface area contributed by atoms with E-state index in [9.17, 15) is 4.79 Å². The van der Waals surface area contributed by atoms with Crippen LogP contribution in [0.2, 0.25) is 0 Å². The molecule has 1 fully saturated rings. The normalized spacial score (nSPS) is 22.1. The molecule has 0 radical (unpaired) electrons. The largest absolute Gasteiger partial charge is 0.438 e. The minimum Gasteiger partial charge on any atom is -0.438 e. The van der Waals surface area contributed by atoms with E-state index < -0.39 is 5.60 Å². The molecule has 1 spiro atoms. The predicted octanol–water partition coefficient (Wildman–Crippen LogP) is 2.80. The van der Waals surface area contributed by atoms with Crippen LogP contribution in [0.4, 0.5) is 10.6 Å². The summed E-state index contributed by atoms with van der Waals surface area (Å²) in [5.74, 6) is 0.667. The summed E-state index contributed by atoms with van der Waals surface area (Å²) in [6.07, 6.45) is 6.61. The number of hydrogen-bond acceptors (Lipinski definition) is 3. The summed E-state index contributed by atoms with van der Waals surface area (Å²) >= 11 is 0. The minimum absolute atomic E-state index is 0.367. The SMILES string of the molecule is O=C1Nc2ncccc2C2(CCCCC2)O1. The number of aromatic nitrogens is 1. The van der Waals surface area contributed by atoms with Crippen molar-refractivity contribution in [3.8, 4) is 0 Å². The average molecular weight is 218 g/mol. The Kier molecular flexibility index (Phi) is 2.09. The second kappa shape index (κ2) is 3.47. The van der Waals surface area contributed by atoms with Gasteiger partial charge >= 0.3 is 6.09 Å². The van der Waals surface area contributed by atoms with Crippen molar-refractivity contribution < 1.29 is 9.53 Å². The van der Waals surface area contributed by atoms with Crippen LogP contribution < -0.4 is 5.32 Å². The summed E-state index contributed by atoms with van der Waals surface area (Å²) in [4.78, 5) is 15.7. The van der Waals surface area contributed by atoms with Crippen LogP contribution in [0.1, 0.15) is 37.7 Å². The maximum Gasteiger partial charge on any atom is 0.413 e. The van der Waals surface area contributed by atoms with Crippen molar-refractivity contribution in [3.05, 3.63) is 23.9 Å². The molecule has 0 atom stereocenters. The van der Waals surface area contributed by atoms with Crippen molar-refractivity contribution >= 4 is 11.9 Å². The summed E-state index contributed by atoms with van der Waals surface area (Å²) in [5.41, 5.74) is 0.624. The van der Waals surface area contributed by atoms with Crippen LogP contribution in [0, 0.1) is 0 Å². The molecule has 4 heteroatoms. The fourth-order valence-corrected chi connectivity index (χ4v) is 2.72. The number of anilines is 1. The van der Waals surface area contributed by atoms with Gasteiger partial charge in [-0.25, -0.2) is 9.78 Å². The molecule has 1 N–H and O–H groups in total. The van der Waals surface area contributed by atoms with Gasteiger partial charge in [0.1, 0.15) is 11.4 Å². The standard InChI is InChI=1S/C12H14N2O2/c15-11-14-10-9(5-4-8-13-10)12(16-11)6-2-1-3-7-12/h4-5,8H,1-3,6-7H2,(H,13,14,15). The van der Waals surface area contributed by atoms with Crippen LogP contribution in [0.3, 0.4) is 0 Å². The molecular weight excluding hydrogens is 204 g/mol. The van der Waals surface area contributed by atoms with Gasteiger partial charge in [-0.15, -0.1) is 0 Å². The number of hydrogen-bond donors (Lipinski definition) is 1. The number of carbonyl (C=O) groups excluding carboxylic acids is 1. The second-order valence-corrected chi connectivity index (χ2v) is 4.47. The molecule has 0 saturated heterocycles. The molecule has 84 valence electrons. The highest BCUT2D eigenvalue weighted by Gasteiger charge is 2.43. The highest BCUT2D eigenvalue weighted by atomic mass is 16.6. The van der Waals surface area contributed by atoms with Crippen LogP contribution >= 0.6 is 0 Å². The summed E-state index contributed by atoms with van der Waals surface area (Å²) in [6, 6.07) is 3.91. The third kappa shape index (κ3) is 1.37. The number of nitrogens with zero attached hydrogens (tertiary/aromatic N) is 1. The van der Waals surface area contributed by atoms with Gasteiger partial charge in [0, 0.05) is 11.8 Å². The average Bonchev–Trinajstić information content (AvgIpc) is 2.30. The van der Waals surface area contributed by atoms with E-state index in [0.717, 1.165) is 31.2 Å². The Hall–Kier alpha value is -1.58. The summed E-state index contributed by atoms with van der Waals surface area (Å²) < 4.78 is 5.55. The van der Waals surface area contributed by atoms with Gasteiger partial charge in [0.15, 0.2) is 0 Å². The van der Waals surface area contributed by atoms with Crippen LogP contribution in [0.15, 0.2) is 18.3 Å². The van der Waals surface area contributed by atoms with E-state index >= 15 is 0 Å². The number of amides is 1. The van der Waals surface area contributed by atoms with Crippen LogP contribution in [-0.4, -0.2) is 11.1 Å². The molecule has 1 amide bonds. The molecule has 2 aliphatic rings. The van der Waals surface area contributed by atoms with Crippen LogP contribution in [0.25, 0.3) is 0 Å². The number of rotatable bonds is 0. The second-order valence-electron chi connectivity index (χ2n) is 4.47. The Bertz CT molecular complexity index is 425. The van der Waals surface area contributed by atoms with Gasteiger partial charge < -0.3 is 4.74 Å². The van der Waals surface area contributed by atoms with E-state index in [1.807, 2.05) is 12.1 Å². The molecule has 4 nitrogen and oxygen atoms in total. The Morgan fingerprint density at radius 1 is 1.31 bits per heavy atom. The number of carbonyl (C=O) groups is 1. The lowest BCUT2D eigenvalue weighted by atomic mass is 9.79. The van der Waals surface area contributed by atoms with E-state index in [1.54, 1.807) is 6.20 Å². The molecule has 0 unspecified atom stereocenters.